The summed E-state index contributed by atoms with van der Waals surface area (Å²) in [7, 11) is -4.29. The van der Waals surface area contributed by atoms with Gasteiger partial charge in [-0.2, -0.15) is 8.42 Å². The molecule has 0 aliphatic heterocycles. The quantitative estimate of drug-likeness (QED) is 0.446. The SMILES string of the molecule is O=S(=O)(F)CCCSc1ccccc1. The zero-order valence-electron chi connectivity index (χ0n) is 7.52. The number of hydrogen-bond acceptors (Lipinski definition) is 3. The summed E-state index contributed by atoms with van der Waals surface area (Å²) in [5, 5.41) is 0. The van der Waals surface area contributed by atoms with Crippen molar-refractivity contribution in [3.8, 4) is 0 Å². The van der Waals surface area contributed by atoms with Gasteiger partial charge >= 0.3 is 10.2 Å². The Bertz CT molecular complexity index is 362. The molecular formula is C9H11FO2S2. The lowest BCUT2D eigenvalue weighted by Crippen LogP contribution is -1.99. The molecule has 0 heterocycles. The first-order valence-electron chi connectivity index (χ1n) is 4.18. The van der Waals surface area contributed by atoms with Gasteiger partial charge in [0.25, 0.3) is 0 Å². The molecule has 1 aromatic rings. The van der Waals surface area contributed by atoms with Gasteiger partial charge in [0, 0.05) is 4.90 Å². The Balaban J connectivity index is 2.23. The summed E-state index contributed by atoms with van der Waals surface area (Å²) in [6.45, 7) is 0. The Kier molecular flexibility index (Phi) is 4.41. The zero-order chi connectivity index (χ0) is 10.4. The average Bonchev–Trinajstić information content (AvgIpc) is 2.13. The van der Waals surface area contributed by atoms with E-state index in [1.54, 1.807) is 0 Å². The van der Waals surface area contributed by atoms with Gasteiger partial charge in [-0.15, -0.1) is 15.6 Å². The van der Waals surface area contributed by atoms with Crippen LogP contribution in [0.1, 0.15) is 6.42 Å². The van der Waals surface area contributed by atoms with E-state index in [0.29, 0.717) is 12.2 Å². The standard InChI is InChI=1S/C9H11FO2S2/c10-14(11,12)8-4-7-13-9-5-2-1-3-6-9/h1-3,5-6H,4,7-8H2. The molecule has 2 nitrogen and oxygen atoms in total. The van der Waals surface area contributed by atoms with E-state index in [2.05, 4.69) is 0 Å². The van der Waals surface area contributed by atoms with Crippen LogP contribution in [-0.2, 0) is 10.2 Å². The molecule has 0 amide bonds. The second-order valence-electron chi connectivity index (χ2n) is 2.76. The highest BCUT2D eigenvalue weighted by Crippen LogP contribution is 2.17. The van der Waals surface area contributed by atoms with Crippen molar-refractivity contribution in [2.75, 3.05) is 11.5 Å². The van der Waals surface area contributed by atoms with Crippen molar-refractivity contribution in [2.45, 2.75) is 11.3 Å². The van der Waals surface area contributed by atoms with Gasteiger partial charge in [0.15, 0.2) is 0 Å². The minimum absolute atomic E-state index is 0.346. The van der Waals surface area contributed by atoms with E-state index < -0.39 is 10.2 Å². The van der Waals surface area contributed by atoms with E-state index >= 15 is 0 Å². The first-order valence-corrected chi connectivity index (χ1v) is 6.72. The summed E-state index contributed by atoms with van der Waals surface area (Å²) in [6, 6.07) is 9.61. The van der Waals surface area contributed by atoms with Gasteiger partial charge in [-0.25, -0.2) is 0 Å². The Morgan fingerprint density at radius 1 is 1.21 bits per heavy atom. The Hall–Kier alpha value is -0.550. The summed E-state index contributed by atoms with van der Waals surface area (Å²) in [5.74, 6) is 0.236. The summed E-state index contributed by atoms with van der Waals surface area (Å²) in [6.07, 6.45) is 0.346. The topological polar surface area (TPSA) is 34.1 Å². The monoisotopic (exact) mass is 234 g/mol. The molecule has 78 valence electrons. The highest BCUT2D eigenvalue weighted by atomic mass is 32.3. The number of halogens is 1. The maximum Gasteiger partial charge on any atom is 0.302 e. The lowest BCUT2D eigenvalue weighted by molar-refractivity contribution is 0.551. The normalized spacial score (nSPS) is 11.5. The number of thioether (sulfide) groups is 1. The molecule has 0 aliphatic carbocycles. The number of hydrogen-bond donors (Lipinski definition) is 0. The number of rotatable bonds is 5. The lowest BCUT2D eigenvalue weighted by atomic mass is 10.4. The molecule has 1 rings (SSSR count). The lowest BCUT2D eigenvalue weighted by Gasteiger charge is -1.99. The zero-order valence-corrected chi connectivity index (χ0v) is 9.15. The van der Waals surface area contributed by atoms with Crippen LogP contribution in [0, 0.1) is 0 Å². The van der Waals surface area contributed by atoms with Crippen LogP contribution >= 0.6 is 11.8 Å². The van der Waals surface area contributed by atoms with Crippen molar-refractivity contribution in [3.63, 3.8) is 0 Å². The molecule has 0 spiro atoms. The van der Waals surface area contributed by atoms with Crippen LogP contribution in [0.25, 0.3) is 0 Å². The van der Waals surface area contributed by atoms with Crippen LogP contribution < -0.4 is 0 Å². The molecule has 0 N–H and O–H groups in total. The fraction of sp³-hybridized carbons (Fsp3) is 0.333. The minimum atomic E-state index is -4.29. The first-order chi connectivity index (χ1) is 6.58. The minimum Gasteiger partial charge on any atom is -0.195 e. The molecule has 0 atom stereocenters. The van der Waals surface area contributed by atoms with E-state index in [1.807, 2.05) is 30.3 Å². The van der Waals surface area contributed by atoms with E-state index in [1.165, 1.54) is 11.8 Å². The predicted molar refractivity (Wildman–Crippen MR) is 56.7 cm³/mol. The summed E-state index contributed by atoms with van der Waals surface area (Å²) < 4.78 is 32.4. The summed E-state index contributed by atoms with van der Waals surface area (Å²) in [5.41, 5.74) is 0. The molecule has 0 saturated carbocycles. The maximum absolute atomic E-state index is 12.1. The molecule has 14 heavy (non-hydrogen) atoms. The molecule has 0 radical (unpaired) electrons. The molecule has 0 aliphatic rings. The first kappa shape index (κ1) is 11.5. The van der Waals surface area contributed by atoms with E-state index in [-0.39, 0.29) is 5.75 Å². The molecule has 0 saturated heterocycles. The second kappa shape index (κ2) is 5.36. The fourth-order valence-electron chi connectivity index (χ4n) is 0.938. The molecule has 1 aromatic carbocycles. The highest BCUT2D eigenvalue weighted by Gasteiger charge is 2.05. The second-order valence-corrected chi connectivity index (χ2v) is 5.41. The van der Waals surface area contributed by atoms with Gasteiger partial charge in [-0.05, 0) is 24.3 Å². The highest BCUT2D eigenvalue weighted by molar-refractivity contribution is 7.99. The van der Waals surface area contributed by atoms with Crippen LogP contribution in [0.4, 0.5) is 3.89 Å². The van der Waals surface area contributed by atoms with E-state index in [0.717, 1.165) is 4.90 Å². The van der Waals surface area contributed by atoms with Gasteiger partial charge in [-0.1, -0.05) is 18.2 Å². The number of benzene rings is 1. The Morgan fingerprint density at radius 2 is 1.86 bits per heavy atom. The van der Waals surface area contributed by atoms with Gasteiger partial charge < -0.3 is 0 Å². The Labute approximate surface area is 87.7 Å². The van der Waals surface area contributed by atoms with Crippen molar-refractivity contribution < 1.29 is 12.3 Å². The van der Waals surface area contributed by atoms with Crippen LogP contribution in [0.3, 0.4) is 0 Å². The van der Waals surface area contributed by atoms with E-state index in [4.69, 9.17) is 0 Å². The van der Waals surface area contributed by atoms with Crippen LogP contribution in [0.15, 0.2) is 35.2 Å². The Morgan fingerprint density at radius 3 is 2.43 bits per heavy atom. The van der Waals surface area contributed by atoms with Crippen molar-refractivity contribution in [3.05, 3.63) is 30.3 Å². The fourth-order valence-corrected chi connectivity index (χ4v) is 2.48. The molecular weight excluding hydrogens is 223 g/mol. The van der Waals surface area contributed by atoms with Crippen LogP contribution in [0.2, 0.25) is 0 Å². The van der Waals surface area contributed by atoms with Crippen molar-refractivity contribution in [2.24, 2.45) is 0 Å². The van der Waals surface area contributed by atoms with Gasteiger partial charge in [0.05, 0.1) is 5.75 Å². The van der Waals surface area contributed by atoms with Crippen LogP contribution in [0.5, 0.6) is 0 Å². The summed E-state index contributed by atoms with van der Waals surface area (Å²) >= 11 is 1.53. The molecule has 5 heteroatoms. The third kappa shape index (κ3) is 5.24. The smallest absolute Gasteiger partial charge is 0.195 e. The average molecular weight is 234 g/mol. The third-order valence-electron chi connectivity index (χ3n) is 1.54. The van der Waals surface area contributed by atoms with E-state index in [9.17, 15) is 12.3 Å². The molecule has 0 unspecified atom stereocenters. The van der Waals surface area contributed by atoms with Crippen LogP contribution in [-0.4, -0.2) is 19.9 Å². The predicted octanol–water partition coefficient (Wildman–Crippen LogP) is 2.47. The third-order valence-corrected chi connectivity index (χ3v) is 3.42. The van der Waals surface area contributed by atoms with Gasteiger partial charge in [0.1, 0.15) is 0 Å². The molecule has 0 fully saturated rings. The molecule has 0 bridgehead atoms. The van der Waals surface area contributed by atoms with Crippen molar-refractivity contribution in [1.82, 2.24) is 0 Å². The van der Waals surface area contributed by atoms with Gasteiger partial charge in [0.2, 0.25) is 0 Å². The van der Waals surface area contributed by atoms with Crippen molar-refractivity contribution in [1.29, 1.82) is 0 Å². The largest absolute Gasteiger partial charge is 0.302 e. The summed E-state index contributed by atoms with van der Waals surface area (Å²) in [4.78, 5) is 1.07. The maximum atomic E-state index is 12.1. The van der Waals surface area contributed by atoms with Gasteiger partial charge in [-0.3, -0.25) is 0 Å². The molecule has 0 aromatic heterocycles. The van der Waals surface area contributed by atoms with Crippen molar-refractivity contribution >= 4 is 22.0 Å².